The molecule has 1 saturated heterocycles. The van der Waals surface area contributed by atoms with Gasteiger partial charge in [-0.25, -0.2) is 13.6 Å². The number of amides is 1. The van der Waals surface area contributed by atoms with E-state index >= 15 is 0 Å². The number of nitro groups is 1. The zero-order valence-corrected chi connectivity index (χ0v) is 14.3. The number of anilines is 1. The molecule has 0 radical (unpaired) electrons. The SMILES string of the molecule is CC(C)(C)OC(=O)N1CCC(Nc2cc(F)c(F)cc2[N+](=O)[O-])CC1. The summed E-state index contributed by atoms with van der Waals surface area (Å²) in [5.74, 6) is -2.42. The molecule has 0 aromatic heterocycles. The molecule has 7 nitrogen and oxygen atoms in total. The molecule has 138 valence electrons. The van der Waals surface area contributed by atoms with Crippen LogP contribution in [0.3, 0.4) is 0 Å². The number of rotatable bonds is 3. The van der Waals surface area contributed by atoms with Gasteiger partial charge in [0, 0.05) is 25.2 Å². The second-order valence-corrected chi connectivity index (χ2v) is 6.93. The summed E-state index contributed by atoms with van der Waals surface area (Å²) in [6.45, 7) is 6.15. The third-order valence-electron chi connectivity index (χ3n) is 3.74. The standard InChI is InChI=1S/C16H21F2N3O4/c1-16(2,3)25-15(22)20-6-4-10(5-7-20)19-13-8-11(17)12(18)9-14(13)21(23)24/h8-10,19H,4-7H2,1-3H3. The van der Waals surface area contributed by atoms with Crippen LogP contribution < -0.4 is 5.32 Å². The summed E-state index contributed by atoms with van der Waals surface area (Å²) in [4.78, 5) is 23.8. The number of benzene rings is 1. The lowest BCUT2D eigenvalue weighted by Gasteiger charge is -2.34. The van der Waals surface area contributed by atoms with Crippen molar-refractivity contribution in [3.05, 3.63) is 33.9 Å². The topological polar surface area (TPSA) is 84.7 Å². The van der Waals surface area contributed by atoms with Gasteiger partial charge in [-0.15, -0.1) is 0 Å². The Hall–Kier alpha value is -2.45. The van der Waals surface area contributed by atoms with Crippen LogP contribution in [0, 0.1) is 21.7 Å². The van der Waals surface area contributed by atoms with Crippen LogP contribution in [0.15, 0.2) is 12.1 Å². The third kappa shape index (κ3) is 5.01. The molecular weight excluding hydrogens is 336 g/mol. The van der Waals surface area contributed by atoms with E-state index in [1.165, 1.54) is 0 Å². The Labute approximate surface area is 144 Å². The summed E-state index contributed by atoms with van der Waals surface area (Å²) < 4.78 is 31.9. The number of halogens is 2. The molecule has 0 aliphatic carbocycles. The molecule has 2 rings (SSSR count). The molecular formula is C16H21F2N3O4. The maximum absolute atomic E-state index is 13.4. The molecule has 0 bridgehead atoms. The molecule has 1 aromatic carbocycles. The fourth-order valence-corrected chi connectivity index (χ4v) is 2.56. The number of carbonyl (C=O) groups excluding carboxylic acids is 1. The van der Waals surface area contributed by atoms with E-state index in [-0.39, 0.29) is 11.7 Å². The van der Waals surface area contributed by atoms with E-state index in [0.29, 0.717) is 32.0 Å². The van der Waals surface area contributed by atoms with E-state index in [2.05, 4.69) is 5.32 Å². The van der Waals surface area contributed by atoms with E-state index in [0.717, 1.165) is 6.07 Å². The Morgan fingerprint density at radius 3 is 2.36 bits per heavy atom. The van der Waals surface area contributed by atoms with Crippen LogP contribution in [0.25, 0.3) is 0 Å². The Kier molecular flexibility index (Phi) is 5.44. The monoisotopic (exact) mass is 357 g/mol. The first-order chi connectivity index (χ1) is 11.6. The van der Waals surface area contributed by atoms with E-state index in [4.69, 9.17) is 4.74 Å². The predicted molar refractivity (Wildman–Crippen MR) is 87.5 cm³/mol. The van der Waals surface area contributed by atoms with E-state index in [1.807, 2.05) is 0 Å². The zero-order chi connectivity index (χ0) is 18.8. The van der Waals surface area contributed by atoms with Crippen LogP contribution >= 0.6 is 0 Å². The highest BCUT2D eigenvalue weighted by molar-refractivity contribution is 5.68. The summed E-state index contributed by atoms with van der Waals surface area (Å²) in [6, 6.07) is 1.16. The molecule has 1 fully saturated rings. The van der Waals surface area contributed by atoms with Gasteiger partial charge in [0.2, 0.25) is 0 Å². The number of nitro benzene ring substituents is 1. The van der Waals surface area contributed by atoms with Crippen LogP contribution in [0.5, 0.6) is 0 Å². The lowest BCUT2D eigenvalue weighted by atomic mass is 10.0. The predicted octanol–water partition coefficient (Wildman–Crippen LogP) is 3.68. The summed E-state index contributed by atoms with van der Waals surface area (Å²) >= 11 is 0. The number of hydrogen-bond donors (Lipinski definition) is 1. The van der Waals surface area contributed by atoms with E-state index < -0.39 is 33.9 Å². The highest BCUT2D eigenvalue weighted by Crippen LogP contribution is 2.29. The number of likely N-dealkylation sites (tertiary alicyclic amines) is 1. The maximum Gasteiger partial charge on any atom is 0.410 e. The summed E-state index contributed by atoms with van der Waals surface area (Å²) in [5, 5.41) is 13.9. The van der Waals surface area contributed by atoms with Crippen LogP contribution in [0.4, 0.5) is 25.0 Å². The molecule has 1 aromatic rings. The molecule has 0 unspecified atom stereocenters. The van der Waals surface area contributed by atoms with Gasteiger partial charge in [0.1, 0.15) is 11.3 Å². The van der Waals surface area contributed by atoms with Crippen molar-refractivity contribution < 1.29 is 23.2 Å². The van der Waals surface area contributed by atoms with Crippen LogP contribution in [0.2, 0.25) is 0 Å². The Balaban J connectivity index is 2.00. The Morgan fingerprint density at radius 2 is 1.84 bits per heavy atom. The van der Waals surface area contributed by atoms with Gasteiger partial charge in [0.25, 0.3) is 5.69 Å². The smallest absolute Gasteiger partial charge is 0.410 e. The average molecular weight is 357 g/mol. The van der Waals surface area contributed by atoms with Crippen molar-refractivity contribution in [3.63, 3.8) is 0 Å². The van der Waals surface area contributed by atoms with Crippen molar-refractivity contribution in [1.82, 2.24) is 4.90 Å². The molecule has 9 heteroatoms. The van der Waals surface area contributed by atoms with Gasteiger partial charge in [-0.2, -0.15) is 0 Å². The Bertz CT molecular complexity index is 668. The van der Waals surface area contributed by atoms with Crippen molar-refractivity contribution in [3.8, 4) is 0 Å². The summed E-state index contributed by atoms with van der Waals surface area (Å²) in [5.41, 5.74) is -1.17. The van der Waals surface area contributed by atoms with Gasteiger partial charge in [-0.1, -0.05) is 0 Å². The number of piperidine rings is 1. The van der Waals surface area contributed by atoms with Gasteiger partial charge in [0.15, 0.2) is 11.6 Å². The fraction of sp³-hybridized carbons (Fsp3) is 0.562. The quantitative estimate of drug-likeness (QED) is 0.659. The van der Waals surface area contributed by atoms with Gasteiger partial charge in [-0.3, -0.25) is 10.1 Å². The van der Waals surface area contributed by atoms with Gasteiger partial charge >= 0.3 is 6.09 Å². The number of nitrogens with zero attached hydrogens (tertiary/aromatic N) is 2. The molecule has 1 aliphatic heterocycles. The minimum absolute atomic E-state index is 0.0698. The highest BCUT2D eigenvalue weighted by atomic mass is 19.2. The second kappa shape index (κ2) is 7.20. The summed E-state index contributed by atoms with van der Waals surface area (Å²) in [7, 11) is 0. The van der Waals surface area contributed by atoms with Crippen LogP contribution in [-0.4, -0.2) is 40.6 Å². The minimum Gasteiger partial charge on any atom is -0.444 e. The number of nitrogens with one attached hydrogen (secondary N) is 1. The molecule has 1 N–H and O–H groups in total. The van der Waals surface area contributed by atoms with Gasteiger partial charge in [0.05, 0.1) is 11.0 Å². The van der Waals surface area contributed by atoms with Crippen molar-refractivity contribution >= 4 is 17.5 Å². The molecule has 0 spiro atoms. The summed E-state index contributed by atoms with van der Waals surface area (Å²) in [6.07, 6.45) is 0.606. The van der Waals surface area contributed by atoms with Gasteiger partial charge in [-0.05, 0) is 33.6 Å². The van der Waals surface area contributed by atoms with Crippen molar-refractivity contribution in [2.75, 3.05) is 18.4 Å². The molecule has 1 amide bonds. The number of carbonyl (C=O) groups is 1. The average Bonchev–Trinajstić information content (AvgIpc) is 2.49. The second-order valence-electron chi connectivity index (χ2n) is 6.93. The van der Waals surface area contributed by atoms with E-state index in [1.54, 1.807) is 25.7 Å². The molecule has 1 aliphatic rings. The van der Waals surface area contributed by atoms with Crippen molar-refractivity contribution in [1.29, 1.82) is 0 Å². The lowest BCUT2D eigenvalue weighted by Crippen LogP contribution is -2.44. The fourth-order valence-electron chi connectivity index (χ4n) is 2.56. The first kappa shape index (κ1) is 18.9. The molecule has 1 heterocycles. The molecule has 0 atom stereocenters. The first-order valence-corrected chi connectivity index (χ1v) is 7.95. The van der Waals surface area contributed by atoms with Crippen molar-refractivity contribution in [2.45, 2.75) is 45.3 Å². The van der Waals surface area contributed by atoms with E-state index in [9.17, 15) is 23.7 Å². The van der Waals surface area contributed by atoms with Gasteiger partial charge < -0.3 is 15.0 Å². The molecule has 0 saturated carbocycles. The van der Waals surface area contributed by atoms with Crippen molar-refractivity contribution in [2.24, 2.45) is 0 Å². The lowest BCUT2D eigenvalue weighted by molar-refractivity contribution is -0.384. The largest absolute Gasteiger partial charge is 0.444 e. The highest BCUT2D eigenvalue weighted by Gasteiger charge is 2.28. The number of hydrogen-bond acceptors (Lipinski definition) is 5. The number of ether oxygens (including phenoxy) is 1. The maximum atomic E-state index is 13.4. The first-order valence-electron chi connectivity index (χ1n) is 7.95. The zero-order valence-electron chi connectivity index (χ0n) is 14.3. The Morgan fingerprint density at radius 1 is 1.28 bits per heavy atom. The van der Waals surface area contributed by atoms with Crippen LogP contribution in [0.1, 0.15) is 33.6 Å². The molecule has 25 heavy (non-hydrogen) atoms. The minimum atomic E-state index is -1.27. The van der Waals surface area contributed by atoms with Crippen LogP contribution in [-0.2, 0) is 4.74 Å². The normalized spacial score (nSPS) is 15.8. The third-order valence-corrected chi connectivity index (χ3v) is 3.74.